The Hall–Kier alpha value is -2.16. The Kier molecular flexibility index (Phi) is 4.84. The fourth-order valence-electron chi connectivity index (χ4n) is 2.39. The Morgan fingerprint density at radius 1 is 1.33 bits per heavy atom. The van der Waals surface area contributed by atoms with Crippen molar-refractivity contribution in [3.05, 3.63) is 40.4 Å². The first-order valence-corrected chi connectivity index (χ1v) is 7.82. The number of halogens is 3. The molecule has 24 heavy (non-hydrogen) atoms. The standard InChI is InChI=1S/C15H15F3N2O3S/c1-7(2)13-20(10(12(19)21)11(24-13)14(22)23)9-5-3-4-8(6-9)15(16,17)18/h3-7,13H,1-2H3,(H2,19,21)(H,22,23). The van der Waals surface area contributed by atoms with Crippen molar-refractivity contribution in [3.63, 3.8) is 0 Å². The number of amides is 1. The van der Waals surface area contributed by atoms with E-state index in [-0.39, 0.29) is 22.2 Å². The molecule has 0 aliphatic carbocycles. The molecule has 0 radical (unpaired) electrons. The summed E-state index contributed by atoms with van der Waals surface area (Å²) in [5, 5.41) is 8.73. The molecule has 2 rings (SSSR count). The molecule has 1 atom stereocenters. The van der Waals surface area contributed by atoms with E-state index in [1.165, 1.54) is 17.0 Å². The van der Waals surface area contributed by atoms with Gasteiger partial charge < -0.3 is 15.7 Å². The summed E-state index contributed by atoms with van der Waals surface area (Å²) >= 11 is 0.904. The molecule has 0 aromatic heterocycles. The van der Waals surface area contributed by atoms with E-state index in [0.717, 1.165) is 23.9 Å². The van der Waals surface area contributed by atoms with E-state index in [0.29, 0.717) is 0 Å². The van der Waals surface area contributed by atoms with E-state index in [1.807, 2.05) is 0 Å². The summed E-state index contributed by atoms with van der Waals surface area (Å²) in [6, 6.07) is 4.38. The summed E-state index contributed by atoms with van der Waals surface area (Å²) in [5.41, 5.74) is 4.18. The van der Waals surface area contributed by atoms with E-state index in [9.17, 15) is 27.9 Å². The number of thioether (sulfide) groups is 1. The summed E-state index contributed by atoms with van der Waals surface area (Å²) in [5.74, 6) is -2.48. The fourth-order valence-corrected chi connectivity index (χ4v) is 3.65. The van der Waals surface area contributed by atoms with Gasteiger partial charge in [-0.25, -0.2) is 4.79 Å². The number of aliphatic carboxylic acids is 1. The van der Waals surface area contributed by atoms with Crippen LogP contribution in [0.4, 0.5) is 18.9 Å². The molecule has 0 saturated heterocycles. The largest absolute Gasteiger partial charge is 0.477 e. The van der Waals surface area contributed by atoms with Gasteiger partial charge in [0.1, 0.15) is 10.6 Å². The fraction of sp³-hybridized carbons (Fsp3) is 0.333. The number of carboxylic acid groups (broad SMARTS) is 1. The third kappa shape index (κ3) is 3.35. The minimum Gasteiger partial charge on any atom is -0.477 e. The van der Waals surface area contributed by atoms with Crippen LogP contribution >= 0.6 is 11.8 Å². The van der Waals surface area contributed by atoms with Gasteiger partial charge in [0.2, 0.25) is 0 Å². The number of carboxylic acids is 1. The summed E-state index contributed by atoms with van der Waals surface area (Å²) in [7, 11) is 0. The highest BCUT2D eigenvalue weighted by molar-refractivity contribution is 8.05. The summed E-state index contributed by atoms with van der Waals surface area (Å²) in [6.45, 7) is 3.56. The Balaban J connectivity index is 2.62. The van der Waals surface area contributed by atoms with Crippen molar-refractivity contribution in [3.8, 4) is 0 Å². The number of benzene rings is 1. The molecule has 0 saturated carbocycles. The zero-order valence-electron chi connectivity index (χ0n) is 12.8. The maximum Gasteiger partial charge on any atom is 0.416 e. The van der Waals surface area contributed by atoms with Crippen molar-refractivity contribution in [2.24, 2.45) is 11.7 Å². The van der Waals surface area contributed by atoms with Gasteiger partial charge in [-0.3, -0.25) is 4.79 Å². The average Bonchev–Trinajstić information content (AvgIpc) is 2.87. The molecule has 0 bridgehead atoms. The first kappa shape index (κ1) is 18.2. The molecule has 1 aliphatic rings. The maximum atomic E-state index is 12.9. The number of carbonyl (C=O) groups is 2. The molecule has 1 amide bonds. The first-order valence-electron chi connectivity index (χ1n) is 6.94. The third-order valence-corrected chi connectivity index (χ3v) is 5.00. The normalized spacial score (nSPS) is 18.4. The number of hydrogen-bond donors (Lipinski definition) is 2. The lowest BCUT2D eigenvalue weighted by molar-refractivity contribution is -0.137. The molecule has 1 aliphatic heterocycles. The van der Waals surface area contributed by atoms with Crippen LogP contribution in [0.2, 0.25) is 0 Å². The van der Waals surface area contributed by atoms with E-state index >= 15 is 0 Å². The van der Waals surface area contributed by atoms with Gasteiger partial charge >= 0.3 is 12.1 Å². The van der Waals surface area contributed by atoms with Crippen LogP contribution < -0.4 is 10.6 Å². The number of nitrogens with two attached hydrogens (primary N) is 1. The second-order valence-electron chi connectivity index (χ2n) is 5.52. The smallest absolute Gasteiger partial charge is 0.416 e. The van der Waals surface area contributed by atoms with E-state index in [2.05, 4.69) is 0 Å². The zero-order chi connectivity index (χ0) is 18.2. The number of carbonyl (C=O) groups excluding carboxylic acids is 1. The van der Waals surface area contributed by atoms with Crippen molar-refractivity contribution < 1.29 is 27.9 Å². The maximum absolute atomic E-state index is 12.9. The molecular formula is C15H15F3N2O3S. The minimum absolute atomic E-state index is 0.0704. The lowest BCUT2D eigenvalue weighted by Crippen LogP contribution is -2.37. The van der Waals surface area contributed by atoms with Crippen LogP contribution in [-0.4, -0.2) is 22.4 Å². The van der Waals surface area contributed by atoms with Crippen molar-refractivity contribution in [1.29, 1.82) is 0 Å². The molecule has 1 aromatic carbocycles. The molecule has 0 fully saturated rings. The molecule has 5 nitrogen and oxygen atoms in total. The monoisotopic (exact) mass is 360 g/mol. The number of hydrogen-bond acceptors (Lipinski definition) is 4. The van der Waals surface area contributed by atoms with Gasteiger partial charge in [-0.15, -0.1) is 0 Å². The van der Waals surface area contributed by atoms with Gasteiger partial charge in [0.05, 0.1) is 10.9 Å². The van der Waals surface area contributed by atoms with Crippen LogP contribution in [0.3, 0.4) is 0 Å². The molecule has 1 unspecified atom stereocenters. The zero-order valence-corrected chi connectivity index (χ0v) is 13.6. The highest BCUT2D eigenvalue weighted by Gasteiger charge is 2.41. The number of nitrogens with zero attached hydrogens (tertiary/aromatic N) is 1. The van der Waals surface area contributed by atoms with Crippen molar-refractivity contribution >= 4 is 29.3 Å². The highest BCUT2D eigenvalue weighted by atomic mass is 32.2. The summed E-state index contributed by atoms with van der Waals surface area (Å²) in [4.78, 5) is 24.2. The lowest BCUT2D eigenvalue weighted by atomic mass is 10.1. The number of rotatable bonds is 4. The highest BCUT2D eigenvalue weighted by Crippen LogP contribution is 2.45. The first-order chi connectivity index (χ1) is 11.0. The van der Waals surface area contributed by atoms with Gasteiger partial charge in [-0.1, -0.05) is 31.7 Å². The second kappa shape index (κ2) is 6.39. The van der Waals surface area contributed by atoms with Crippen molar-refractivity contribution in [1.82, 2.24) is 0 Å². The van der Waals surface area contributed by atoms with E-state index < -0.39 is 29.0 Å². The molecule has 130 valence electrons. The van der Waals surface area contributed by atoms with Crippen LogP contribution in [0, 0.1) is 5.92 Å². The van der Waals surface area contributed by atoms with Crippen molar-refractivity contribution in [2.45, 2.75) is 25.4 Å². The summed E-state index contributed by atoms with van der Waals surface area (Å²) < 4.78 is 38.8. The molecule has 1 aromatic rings. The molecule has 1 heterocycles. The predicted octanol–water partition coefficient (Wildman–Crippen LogP) is 3.02. The van der Waals surface area contributed by atoms with Crippen LogP contribution in [-0.2, 0) is 15.8 Å². The Bertz CT molecular complexity index is 716. The Morgan fingerprint density at radius 3 is 2.42 bits per heavy atom. The van der Waals surface area contributed by atoms with E-state index in [4.69, 9.17) is 5.73 Å². The summed E-state index contributed by atoms with van der Waals surface area (Å²) in [6.07, 6.45) is -4.55. The quantitative estimate of drug-likeness (QED) is 0.862. The predicted molar refractivity (Wildman–Crippen MR) is 84.0 cm³/mol. The van der Waals surface area contributed by atoms with E-state index in [1.54, 1.807) is 13.8 Å². The number of primary amides is 1. The molecular weight excluding hydrogens is 345 g/mol. The Morgan fingerprint density at radius 2 is 1.96 bits per heavy atom. The van der Waals surface area contributed by atoms with Crippen LogP contribution in [0.15, 0.2) is 34.9 Å². The molecule has 3 N–H and O–H groups in total. The average molecular weight is 360 g/mol. The molecule has 0 spiro atoms. The van der Waals surface area contributed by atoms with Gasteiger partial charge in [-0.05, 0) is 24.1 Å². The van der Waals surface area contributed by atoms with Crippen LogP contribution in [0.5, 0.6) is 0 Å². The number of anilines is 1. The topological polar surface area (TPSA) is 83.6 Å². The third-order valence-electron chi connectivity index (χ3n) is 3.40. The number of alkyl halides is 3. The SMILES string of the molecule is CC(C)C1SC(C(=O)O)=C(C(N)=O)N1c1cccc(C(F)(F)F)c1. The minimum atomic E-state index is -4.55. The van der Waals surface area contributed by atoms with Crippen LogP contribution in [0.25, 0.3) is 0 Å². The second-order valence-corrected chi connectivity index (χ2v) is 6.64. The van der Waals surface area contributed by atoms with Gasteiger partial charge in [-0.2, -0.15) is 13.2 Å². The van der Waals surface area contributed by atoms with Gasteiger partial charge in [0.25, 0.3) is 5.91 Å². The lowest BCUT2D eigenvalue weighted by Gasteiger charge is -2.30. The van der Waals surface area contributed by atoms with Gasteiger partial charge in [0, 0.05) is 5.69 Å². The molecule has 9 heteroatoms. The Labute approximate surface area is 140 Å². The van der Waals surface area contributed by atoms with Crippen LogP contribution in [0.1, 0.15) is 19.4 Å². The van der Waals surface area contributed by atoms with Gasteiger partial charge in [0.15, 0.2) is 0 Å². The van der Waals surface area contributed by atoms with Crippen molar-refractivity contribution in [2.75, 3.05) is 4.90 Å².